The number of benzene rings is 2. The highest BCUT2D eigenvalue weighted by molar-refractivity contribution is 6.30. The highest BCUT2D eigenvalue weighted by Crippen LogP contribution is 2.29. The average Bonchev–Trinajstić information content (AvgIpc) is 2.54. The molecule has 1 amide bonds. The van der Waals surface area contributed by atoms with Crippen LogP contribution in [0, 0.1) is 0 Å². The lowest BCUT2D eigenvalue weighted by atomic mass is 10.1. The van der Waals surface area contributed by atoms with E-state index in [0.29, 0.717) is 27.6 Å². The zero-order valence-corrected chi connectivity index (χ0v) is 13.2. The molecule has 0 unspecified atom stereocenters. The van der Waals surface area contributed by atoms with E-state index >= 15 is 0 Å². The Kier molecular flexibility index (Phi) is 4.17. The van der Waals surface area contributed by atoms with E-state index in [-0.39, 0.29) is 18.3 Å². The summed E-state index contributed by atoms with van der Waals surface area (Å²) in [6.07, 6.45) is 1.77. The van der Waals surface area contributed by atoms with Gasteiger partial charge in [0.1, 0.15) is 12.4 Å². The first kappa shape index (κ1) is 15.3. The van der Waals surface area contributed by atoms with Crippen molar-refractivity contribution in [2.75, 3.05) is 11.9 Å². The van der Waals surface area contributed by atoms with Gasteiger partial charge in [-0.3, -0.25) is 9.59 Å². The number of halogens is 1. The van der Waals surface area contributed by atoms with E-state index in [9.17, 15) is 9.59 Å². The zero-order chi connectivity index (χ0) is 16.4. The third-order valence-electron chi connectivity index (χ3n) is 3.53. The van der Waals surface area contributed by atoms with Crippen LogP contribution < -0.4 is 10.1 Å². The summed E-state index contributed by atoms with van der Waals surface area (Å²) in [5.74, 6) is 0.447. The van der Waals surface area contributed by atoms with Gasteiger partial charge in [0.2, 0.25) is 0 Å². The summed E-state index contributed by atoms with van der Waals surface area (Å²) in [7, 11) is 0. The lowest BCUT2D eigenvalue weighted by Crippen LogP contribution is -2.21. The number of carbonyl (C=O) groups excluding carboxylic acids is 2. The van der Waals surface area contributed by atoms with Gasteiger partial charge in [-0.1, -0.05) is 11.6 Å². The number of nitrogens with one attached hydrogen (secondary N) is 1. The molecule has 2 aromatic rings. The van der Waals surface area contributed by atoms with E-state index in [1.54, 1.807) is 48.5 Å². The zero-order valence-electron chi connectivity index (χ0n) is 12.4. The number of hydrogen-bond acceptors (Lipinski definition) is 3. The van der Waals surface area contributed by atoms with Crippen molar-refractivity contribution in [2.45, 2.75) is 6.92 Å². The third kappa shape index (κ3) is 3.43. The second kappa shape index (κ2) is 6.26. The first-order chi connectivity index (χ1) is 11.0. The van der Waals surface area contributed by atoms with E-state index in [1.807, 2.05) is 0 Å². The highest BCUT2D eigenvalue weighted by Gasteiger charge is 2.17. The minimum atomic E-state index is -0.244. The van der Waals surface area contributed by atoms with Crippen molar-refractivity contribution in [3.8, 4) is 5.75 Å². The second-order valence-corrected chi connectivity index (χ2v) is 5.66. The molecule has 23 heavy (non-hydrogen) atoms. The fourth-order valence-electron chi connectivity index (χ4n) is 2.28. The fraction of sp³-hybridized carbons (Fsp3) is 0.111. The van der Waals surface area contributed by atoms with Crippen molar-refractivity contribution in [2.24, 2.45) is 0 Å². The van der Waals surface area contributed by atoms with Crippen molar-refractivity contribution in [1.29, 1.82) is 0 Å². The molecule has 2 aromatic carbocycles. The average molecular weight is 328 g/mol. The Hall–Kier alpha value is -2.59. The molecule has 0 saturated carbocycles. The van der Waals surface area contributed by atoms with Gasteiger partial charge in [-0.15, -0.1) is 0 Å². The number of amides is 1. The topological polar surface area (TPSA) is 55.4 Å². The summed E-state index contributed by atoms with van der Waals surface area (Å²) < 4.78 is 5.57. The minimum Gasteiger partial charge on any atom is -0.488 e. The Morgan fingerprint density at radius 1 is 1.13 bits per heavy atom. The Morgan fingerprint density at radius 2 is 1.87 bits per heavy atom. The van der Waals surface area contributed by atoms with Crippen LogP contribution in [0.5, 0.6) is 5.75 Å². The summed E-state index contributed by atoms with van der Waals surface area (Å²) in [6, 6.07) is 12.0. The van der Waals surface area contributed by atoms with Gasteiger partial charge in [0.25, 0.3) is 5.91 Å². The monoisotopic (exact) mass is 327 g/mol. The molecule has 4 nitrogen and oxygen atoms in total. The van der Waals surface area contributed by atoms with Crippen LogP contribution in [0.1, 0.15) is 22.8 Å². The van der Waals surface area contributed by atoms with Crippen LogP contribution in [-0.2, 0) is 4.79 Å². The molecule has 5 heteroatoms. The SMILES string of the molecule is CC(=O)c1ccc(NC(=O)C2=Cc3cc(Cl)ccc3OC2)cc1. The summed E-state index contributed by atoms with van der Waals surface area (Å²) in [5, 5.41) is 3.38. The standard InChI is InChI=1S/C18H14ClNO3/c1-11(21)12-2-5-16(6-3-12)20-18(22)14-8-13-9-15(19)4-7-17(13)23-10-14/h2-9H,10H2,1H3,(H,20,22). The van der Waals surface area contributed by atoms with Crippen LogP contribution in [0.15, 0.2) is 48.0 Å². The molecular formula is C18H14ClNO3. The van der Waals surface area contributed by atoms with Crippen molar-refractivity contribution in [1.82, 2.24) is 0 Å². The number of ether oxygens (including phenoxy) is 1. The molecular weight excluding hydrogens is 314 g/mol. The summed E-state index contributed by atoms with van der Waals surface area (Å²) in [4.78, 5) is 23.6. The van der Waals surface area contributed by atoms with Gasteiger partial charge < -0.3 is 10.1 Å². The van der Waals surface area contributed by atoms with Gasteiger partial charge in [-0.05, 0) is 55.5 Å². The van der Waals surface area contributed by atoms with E-state index in [0.717, 1.165) is 5.56 Å². The van der Waals surface area contributed by atoms with Crippen LogP contribution in [-0.4, -0.2) is 18.3 Å². The number of fused-ring (bicyclic) bond motifs is 1. The van der Waals surface area contributed by atoms with Gasteiger partial charge in [-0.25, -0.2) is 0 Å². The maximum absolute atomic E-state index is 12.3. The van der Waals surface area contributed by atoms with E-state index < -0.39 is 0 Å². The van der Waals surface area contributed by atoms with Crippen LogP contribution >= 0.6 is 11.6 Å². The van der Waals surface area contributed by atoms with Gasteiger partial charge >= 0.3 is 0 Å². The minimum absolute atomic E-state index is 0.0141. The molecule has 116 valence electrons. The molecule has 0 aromatic heterocycles. The number of ketones is 1. The van der Waals surface area contributed by atoms with Crippen LogP contribution in [0.4, 0.5) is 5.69 Å². The molecule has 0 atom stereocenters. The lowest BCUT2D eigenvalue weighted by Gasteiger charge is -2.18. The van der Waals surface area contributed by atoms with Crippen LogP contribution in [0.2, 0.25) is 5.02 Å². The number of carbonyl (C=O) groups is 2. The van der Waals surface area contributed by atoms with E-state index in [1.165, 1.54) is 6.92 Å². The van der Waals surface area contributed by atoms with Gasteiger partial charge in [-0.2, -0.15) is 0 Å². The molecule has 0 aliphatic carbocycles. The van der Waals surface area contributed by atoms with Crippen molar-refractivity contribution in [3.05, 3.63) is 64.2 Å². The molecule has 0 spiro atoms. The molecule has 0 fully saturated rings. The van der Waals surface area contributed by atoms with Crippen molar-refractivity contribution < 1.29 is 14.3 Å². The molecule has 1 heterocycles. The maximum atomic E-state index is 12.3. The first-order valence-corrected chi connectivity index (χ1v) is 7.46. The van der Waals surface area contributed by atoms with E-state index in [4.69, 9.17) is 16.3 Å². The second-order valence-electron chi connectivity index (χ2n) is 5.23. The fourth-order valence-corrected chi connectivity index (χ4v) is 2.46. The Balaban J connectivity index is 1.77. The lowest BCUT2D eigenvalue weighted by molar-refractivity contribution is -0.113. The molecule has 1 aliphatic heterocycles. The third-order valence-corrected chi connectivity index (χ3v) is 3.76. The van der Waals surface area contributed by atoms with Gasteiger partial charge in [0.15, 0.2) is 5.78 Å². The number of rotatable bonds is 3. The number of Topliss-reactive ketones (excluding diaryl/α,β-unsaturated/α-hetero) is 1. The molecule has 1 aliphatic rings. The predicted octanol–water partition coefficient (Wildman–Crippen LogP) is 3.96. The Morgan fingerprint density at radius 3 is 2.57 bits per heavy atom. The maximum Gasteiger partial charge on any atom is 0.255 e. The molecule has 0 saturated heterocycles. The predicted molar refractivity (Wildman–Crippen MR) is 90.0 cm³/mol. The summed E-state index contributed by atoms with van der Waals surface area (Å²) >= 11 is 5.96. The molecule has 3 rings (SSSR count). The van der Waals surface area contributed by atoms with Gasteiger partial charge in [0.05, 0.1) is 5.57 Å². The van der Waals surface area contributed by atoms with Crippen molar-refractivity contribution >= 4 is 35.1 Å². The largest absolute Gasteiger partial charge is 0.488 e. The molecule has 1 N–H and O–H groups in total. The molecule has 0 radical (unpaired) electrons. The van der Waals surface area contributed by atoms with Crippen LogP contribution in [0.25, 0.3) is 6.08 Å². The number of anilines is 1. The summed E-state index contributed by atoms with van der Waals surface area (Å²) in [6.45, 7) is 1.70. The van der Waals surface area contributed by atoms with Crippen LogP contribution in [0.3, 0.4) is 0 Å². The van der Waals surface area contributed by atoms with E-state index in [2.05, 4.69) is 5.32 Å². The molecule has 0 bridgehead atoms. The normalized spacial score (nSPS) is 12.7. The Bertz CT molecular complexity index is 810. The quantitative estimate of drug-likeness (QED) is 0.868. The highest BCUT2D eigenvalue weighted by atomic mass is 35.5. The Labute approximate surface area is 138 Å². The first-order valence-electron chi connectivity index (χ1n) is 7.08. The summed E-state index contributed by atoms with van der Waals surface area (Å²) in [5.41, 5.74) is 2.51. The smallest absolute Gasteiger partial charge is 0.255 e. The number of hydrogen-bond donors (Lipinski definition) is 1. The van der Waals surface area contributed by atoms with Crippen molar-refractivity contribution in [3.63, 3.8) is 0 Å². The van der Waals surface area contributed by atoms with Gasteiger partial charge in [0, 0.05) is 21.8 Å².